The first-order valence-electron chi connectivity index (χ1n) is 7.34. The zero-order valence-electron chi connectivity index (χ0n) is 12.0. The Morgan fingerprint density at radius 3 is 2.76 bits per heavy atom. The summed E-state index contributed by atoms with van der Waals surface area (Å²) in [5.41, 5.74) is 4.27. The fourth-order valence-electron chi connectivity index (χ4n) is 2.75. The lowest BCUT2D eigenvalue weighted by molar-refractivity contribution is -0.142. The normalized spacial score (nSPS) is 17.3. The summed E-state index contributed by atoms with van der Waals surface area (Å²) in [4.78, 5) is 20.1. The molecule has 1 heterocycles. The number of carbonyl (C=O) groups is 1. The maximum atomic E-state index is 11.1. The van der Waals surface area contributed by atoms with Gasteiger partial charge in [0.1, 0.15) is 0 Å². The molecule has 0 spiro atoms. The van der Waals surface area contributed by atoms with E-state index in [2.05, 4.69) is 29.0 Å². The number of aromatic nitrogens is 2. The smallest absolute Gasteiger partial charge is 0.306 e. The summed E-state index contributed by atoms with van der Waals surface area (Å²) in [7, 11) is 0. The molecular formula is C17H18N2O2. The van der Waals surface area contributed by atoms with Gasteiger partial charge in [0.05, 0.1) is 5.92 Å². The van der Waals surface area contributed by atoms with E-state index >= 15 is 0 Å². The molecule has 0 bridgehead atoms. The zero-order chi connectivity index (χ0) is 14.8. The molecule has 21 heavy (non-hydrogen) atoms. The maximum Gasteiger partial charge on any atom is 0.306 e. The lowest BCUT2D eigenvalue weighted by atomic mass is 9.87. The number of benzene rings is 1. The molecule has 1 N–H and O–H groups in total. The van der Waals surface area contributed by atoms with Crippen molar-refractivity contribution in [2.75, 3.05) is 0 Å². The summed E-state index contributed by atoms with van der Waals surface area (Å²) in [5.74, 6) is -0.291. The van der Waals surface area contributed by atoms with Crippen LogP contribution in [0.4, 0.5) is 0 Å². The SMILES string of the molecule is CCc1ccc(-c2ncc3c(n2)CCC(C(=O)O)C3)cc1. The van der Waals surface area contributed by atoms with Crippen LogP contribution in [-0.2, 0) is 24.1 Å². The molecule has 0 amide bonds. The van der Waals surface area contributed by atoms with E-state index in [4.69, 9.17) is 5.11 Å². The topological polar surface area (TPSA) is 63.1 Å². The van der Waals surface area contributed by atoms with Crippen molar-refractivity contribution in [2.24, 2.45) is 5.92 Å². The third-order valence-corrected chi connectivity index (χ3v) is 4.12. The average molecular weight is 282 g/mol. The minimum absolute atomic E-state index is 0.296. The number of carboxylic acids is 1. The number of hydrogen-bond acceptors (Lipinski definition) is 3. The molecule has 4 nitrogen and oxygen atoms in total. The van der Waals surface area contributed by atoms with E-state index < -0.39 is 5.97 Å². The molecule has 2 aromatic rings. The summed E-state index contributed by atoms with van der Waals surface area (Å²) >= 11 is 0. The number of hydrogen-bond donors (Lipinski definition) is 1. The molecule has 108 valence electrons. The van der Waals surface area contributed by atoms with Gasteiger partial charge in [0.2, 0.25) is 0 Å². The zero-order valence-corrected chi connectivity index (χ0v) is 12.0. The number of fused-ring (bicyclic) bond motifs is 1. The van der Waals surface area contributed by atoms with Crippen LogP contribution in [-0.4, -0.2) is 21.0 Å². The molecule has 0 saturated heterocycles. The van der Waals surface area contributed by atoms with E-state index in [0.717, 1.165) is 35.5 Å². The van der Waals surface area contributed by atoms with Gasteiger partial charge in [0.15, 0.2) is 5.82 Å². The molecule has 1 unspecified atom stereocenters. The molecule has 0 radical (unpaired) electrons. The van der Waals surface area contributed by atoms with Crippen molar-refractivity contribution in [2.45, 2.75) is 32.6 Å². The quantitative estimate of drug-likeness (QED) is 0.940. The fourth-order valence-corrected chi connectivity index (χ4v) is 2.75. The second-order valence-corrected chi connectivity index (χ2v) is 5.49. The van der Waals surface area contributed by atoms with Crippen LogP contribution in [0.25, 0.3) is 11.4 Å². The van der Waals surface area contributed by atoms with Gasteiger partial charge in [-0.15, -0.1) is 0 Å². The van der Waals surface area contributed by atoms with Crippen LogP contribution in [0.2, 0.25) is 0 Å². The van der Waals surface area contributed by atoms with Crippen molar-refractivity contribution in [3.8, 4) is 11.4 Å². The van der Waals surface area contributed by atoms with Crippen molar-refractivity contribution in [3.63, 3.8) is 0 Å². The number of rotatable bonds is 3. The molecule has 1 aliphatic carbocycles. The van der Waals surface area contributed by atoms with E-state index in [1.807, 2.05) is 12.1 Å². The van der Waals surface area contributed by atoms with Gasteiger partial charge in [-0.2, -0.15) is 0 Å². The van der Waals surface area contributed by atoms with Crippen molar-refractivity contribution in [1.29, 1.82) is 0 Å². The van der Waals surface area contributed by atoms with Gasteiger partial charge in [-0.1, -0.05) is 31.2 Å². The van der Waals surface area contributed by atoms with Crippen molar-refractivity contribution in [3.05, 3.63) is 47.3 Å². The van der Waals surface area contributed by atoms with Gasteiger partial charge in [-0.05, 0) is 36.8 Å². The maximum absolute atomic E-state index is 11.1. The van der Waals surface area contributed by atoms with Gasteiger partial charge in [0.25, 0.3) is 0 Å². The van der Waals surface area contributed by atoms with E-state index in [-0.39, 0.29) is 5.92 Å². The van der Waals surface area contributed by atoms with Crippen LogP contribution in [0.1, 0.15) is 30.2 Å². The molecule has 3 rings (SSSR count). The number of nitrogens with zero attached hydrogens (tertiary/aromatic N) is 2. The van der Waals surface area contributed by atoms with Crippen LogP contribution in [0.15, 0.2) is 30.5 Å². The average Bonchev–Trinajstić information content (AvgIpc) is 2.54. The van der Waals surface area contributed by atoms with Gasteiger partial charge in [0, 0.05) is 17.5 Å². The summed E-state index contributed by atoms with van der Waals surface area (Å²) in [6.07, 6.45) is 4.73. The van der Waals surface area contributed by atoms with Crippen LogP contribution >= 0.6 is 0 Å². The fraction of sp³-hybridized carbons (Fsp3) is 0.353. The van der Waals surface area contributed by atoms with Crippen LogP contribution in [0.5, 0.6) is 0 Å². The largest absolute Gasteiger partial charge is 0.481 e. The Labute approximate surface area is 123 Å². The molecule has 0 aliphatic heterocycles. The van der Waals surface area contributed by atoms with E-state index in [0.29, 0.717) is 12.8 Å². The Hall–Kier alpha value is -2.23. The third kappa shape index (κ3) is 2.79. The number of carboxylic acid groups (broad SMARTS) is 1. The first kappa shape index (κ1) is 13.7. The van der Waals surface area contributed by atoms with E-state index in [9.17, 15) is 4.79 Å². The Morgan fingerprint density at radius 2 is 2.10 bits per heavy atom. The monoisotopic (exact) mass is 282 g/mol. The second-order valence-electron chi connectivity index (χ2n) is 5.49. The molecule has 0 fully saturated rings. The summed E-state index contributed by atoms with van der Waals surface area (Å²) < 4.78 is 0. The van der Waals surface area contributed by atoms with Crippen LogP contribution in [0.3, 0.4) is 0 Å². The molecule has 1 atom stereocenters. The molecular weight excluding hydrogens is 264 g/mol. The predicted octanol–water partition coefficient (Wildman–Crippen LogP) is 2.90. The van der Waals surface area contributed by atoms with Crippen LogP contribution in [0, 0.1) is 5.92 Å². The first-order chi connectivity index (χ1) is 10.2. The Bertz CT molecular complexity index is 665. The van der Waals surface area contributed by atoms with Gasteiger partial charge >= 0.3 is 5.97 Å². The number of aliphatic carboxylic acids is 1. The minimum Gasteiger partial charge on any atom is -0.481 e. The first-order valence-corrected chi connectivity index (χ1v) is 7.34. The van der Waals surface area contributed by atoms with Crippen molar-refractivity contribution < 1.29 is 9.90 Å². The van der Waals surface area contributed by atoms with Gasteiger partial charge in [-0.3, -0.25) is 4.79 Å². The van der Waals surface area contributed by atoms with E-state index in [1.54, 1.807) is 6.20 Å². The highest BCUT2D eigenvalue weighted by atomic mass is 16.4. The number of aryl methyl sites for hydroxylation is 2. The van der Waals surface area contributed by atoms with Crippen LogP contribution < -0.4 is 0 Å². The molecule has 1 aromatic heterocycles. The molecule has 4 heteroatoms. The molecule has 0 saturated carbocycles. The van der Waals surface area contributed by atoms with Gasteiger partial charge in [-0.25, -0.2) is 9.97 Å². The lowest BCUT2D eigenvalue weighted by Gasteiger charge is -2.20. The molecule has 1 aliphatic rings. The minimum atomic E-state index is -0.722. The summed E-state index contributed by atoms with van der Waals surface area (Å²) in [6.45, 7) is 2.13. The molecule has 1 aromatic carbocycles. The highest BCUT2D eigenvalue weighted by Gasteiger charge is 2.25. The third-order valence-electron chi connectivity index (χ3n) is 4.12. The van der Waals surface area contributed by atoms with Crippen molar-refractivity contribution in [1.82, 2.24) is 9.97 Å². The highest BCUT2D eigenvalue weighted by Crippen LogP contribution is 2.26. The Kier molecular flexibility index (Phi) is 3.69. The Balaban J connectivity index is 1.88. The summed E-state index contributed by atoms with van der Waals surface area (Å²) in [6, 6.07) is 8.28. The standard InChI is InChI=1S/C17H18N2O2/c1-2-11-3-5-12(6-4-11)16-18-10-14-9-13(17(20)21)7-8-15(14)19-16/h3-6,10,13H,2,7-9H2,1H3,(H,20,21). The van der Waals surface area contributed by atoms with Gasteiger partial charge < -0.3 is 5.11 Å². The van der Waals surface area contributed by atoms with E-state index in [1.165, 1.54) is 5.56 Å². The summed E-state index contributed by atoms with van der Waals surface area (Å²) in [5, 5.41) is 9.10. The highest BCUT2D eigenvalue weighted by molar-refractivity contribution is 5.71. The Morgan fingerprint density at radius 1 is 1.33 bits per heavy atom. The van der Waals surface area contributed by atoms with Crippen molar-refractivity contribution >= 4 is 5.97 Å². The predicted molar refractivity (Wildman–Crippen MR) is 80.0 cm³/mol. The lowest BCUT2D eigenvalue weighted by Crippen LogP contribution is -2.23. The second kappa shape index (κ2) is 5.64.